The lowest BCUT2D eigenvalue weighted by molar-refractivity contribution is -0.386. The number of rotatable bonds is 3. The third kappa shape index (κ3) is 2.37. The molecular weight excluding hydrogens is 234 g/mol. The highest BCUT2D eigenvalue weighted by molar-refractivity contribution is 6.30. The van der Waals surface area contributed by atoms with Gasteiger partial charge in [-0.05, 0) is 0 Å². The van der Waals surface area contributed by atoms with Crippen molar-refractivity contribution < 1.29 is 18.8 Å². The van der Waals surface area contributed by atoms with Crippen LogP contribution in [0.15, 0.2) is 6.07 Å². The molecule has 1 aromatic heterocycles. The molecule has 1 N–H and O–H groups in total. The SMILES string of the molecule is O=[N+]([O-])c1cc(CO)nc(Cl)c1C(F)F. The molecule has 1 rings (SSSR count). The summed E-state index contributed by atoms with van der Waals surface area (Å²) in [6.45, 7) is -0.607. The Labute approximate surface area is 87.5 Å². The Bertz CT molecular complexity index is 400. The molecule has 0 atom stereocenters. The van der Waals surface area contributed by atoms with E-state index in [1.807, 2.05) is 0 Å². The monoisotopic (exact) mass is 238 g/mol. The molecule has 15 heavy (non-hydrogen) atoms. The quantitative estimate of drug-likeness (QED) is 0.497. The fraction of sp³-hybridized carbons (Fsp3) is 0.286. The first-order chi connectivity index (χ1) is 6.97. The van der Waals surface area contributed by atoms with E-state index in [9.17, 15) is 18.9 Å². The van der Waals surface area contributed by atoms with Crippen molar-refractivity contribution in [2.45, 2.75) is 13.0 Å². The van der Waals surface area contributed by atoms with Crippen LogP contribution in [0, 0.1) is 10.1 Å². The van der Waals surface area contributed by atoms with Crippen LogP contribution in [0.3, 0.4) is 0 Å². The number of aliphatic hydroxyl groups is 1. The molecule has 0 saturated heterocycles. The zero-order valence-electron chi connectivity index (χ0n) is 7.15. The molecule has 0 unspecified atom stereocenters. The van der Waals surface area contributed by atoms with E-state index < -0.39 is 34.4 Å². The molecule has 0 saturated carbocycles. The first-order valence-corrected chi connectivity index (χ1v) is 4.08. The molecule has 1 aromatic rings. The molecule has 0 spiro atoms. The Morgan fingerprint density at radius 2 is 2.27 bits per heavy atom. The number of halogens is 3. The van der Waals surface area contributed by atoms with Crippen molar-refractivity contribution in [3.05, 3.63) is 32.6 Å². The molecule has 0 aromatic carbocycles. The Morgan fingerprint density at radius 3 is 2.67 bits per heavy atom. The summed E-state index contributed by atoms with van der Waals surface area (Å²) in [6, 6.07) is 0.771. The third-order valence-corrected chi connectivity index (χ3v) is 1.91. The highest BCUT2D eigenvalue weighted by Gasteiger charge is 2.27. The Hall–Kier alpha value is -1.34. The average Bonchev–Trinajstić information content (AvgIpc) is 2.15. The molecule has 82 valence electrons. The van der Waals surface area contributed by atoms with Gasteiger partial charge in [0.25, 0.3) is 12.1 Å². The first kappa shape index (κ1) is 11.7. The van der Waals surface area contributed by atoms with Crippen molar-refractivity contribution in [1.82, 2.24) is 4.98 Å². The van der Waals surface area contributed by atoms with E-state index in [0.29, 0.717) is 0 Å². The zero-order chi connectivity index (χ0) is 11.6. The fourth-order valence-electron chi connectivity index (χ4n) is 0.994. The Balaban J connectivity index is 3.42. The van der Waals surface area contributed by atoms with Crippen LogP contribution in [0.1, 0.15) is 17.7 Å². The van der Waals surface area contributed by atoms with Crippen LogP contribution >= 0.6 is 11.6 Å². The van der Waals surface area contributed by atoms with Gasteiger partial charge in [-0.3, -0.25) is 10.1 Å². The summed E-state index contributed by atoms with van der Waals surface area (Å²) in [7, 11) is 0. The number of pyridine rings is 1. The van der Waals surface area contributed by atoms with Crippen molar-refractivity contribution in [2.24, 2.45) is 0 Å². The van der Waals surface area contributed by atoms with E-state index in [1.165, 1.54) is 0 Å². The molecule has 0 bridgehead atoms. The van der Waals surface area contributed by atoms with E-state index in [2.05, 4.69) is 4.98 Å². The largest absolute Gasteiger partial charge is 0.390 e. The van der Waals surface area contributed by atoms with Gasteiger partial charge in [0.05, 0.1) is 17.2 Å². The van der Waals surface area contributed by atoms with Gasteiger partial charge < -0.3 is 5.11 Å². The summed E-state index contributed by atoms with van der Waals surface area (Å²) < 4.78 is 24.8. The van der Waals surface area contributed by atoms with Crippen molar-refractivity contribution in [2.75, 3.05) is 0 Å². The second kappa shape index (κ2) is 4.45. The molecule has 5 nitrogen and oxygen atoms in total. The van der Waals surface area contributed by atoms with Gasteiger partial charge in [0, 0.05) is 6.07 Å². The number of alkyl halides is 2. The lowest BCUT2D eigenvalue weighted by Gasteiger charge is -2.05. The smallest absolute Gasteiger partial charge is 0.283 e. The minimum Gasteiger partial charge on any atom is -0.390 e. The Morgan fingerprint density at radius 1 is 1.67 bits per heavy atom. The number of aromatic nitrogens is 1. The summed E-state index contributed by atoms with van der Waals surface area (Å²) in [6.07, 6.45) is -3.09. The minimum atomic E-state index is -3.09. The topological polar surface area (TPSA) is 76.3 Å². The summed E-state index contributed by atoms with van der Waals surface area (Å²) in [5.41, 5.74) is -1.90. The standard InChI is InChI=1S/C7H5ClF2N2O3/c8-6-5(7(9)10)4(12(14)15)1-3(2-13)11-6/h1,7,13H,2H2. The maximum Gasteiger partial charge on any atom is 0.283 e. The number of hydrogen-bond acceptors (Lipinski definition) is 4. The number of nitrogens with zero attached hydrogens (tertiary/aromatic N) is 2. The molecule has 0 amide bonds. The third-order valence-electron chi connectivity index (χ3n) is 1.62. The first-order valence-electron chi connectivity index (χ1n) is 3.70. The number of nitro groups is 1. The predicted octanol–water partition coefficient (Wildman–Crippen LogP) is 2.07. The van der Waals surface area contributed by atoms with Crippen molar-refractivity contribution in [1.29, 1.82) is 0 Å². The molecule has 0 aliphatic carbocycles. The van der Waals surface area contributed by atoms with E-state index in [1.54, 1.807) is 0 Å². The number of aliphatic hydroxyl groups excluding tert-OH is 1. The van der Waals surface area contributed by atoms with Crippen molar-refractivity contribution >= 4 is 17.3 Å². The van der Waals surface area contributed by atoms with Gasteiger partial charge in [-0.1, -0.05) is 11.6 Å². The summed E-state index contributed by atoms with van der Waals surface area (Å²) in [5.74, 6) is 0. The maximum atomic E-state index is 12.4. The van der Waals surface area contributed by atoms with E-state index >= 15 is 0 Å². The number of hydrogen-bond donors (Lipinski definition) is 1. The molecule has 0 aliphatic rings. The van der Waals surface area contributed by atoms with Gasteiger partial charge in [-0.2, -0.15) is 0 Å². The molecule has 0 radical (unpaired) electrons. The molecule has 0 aliphatic heterocycles. The van der Waals surface area contributed by atoms with Crippen LogP contribution in [0.5, 0.6) is 0 Å². The van der Waals surface area contributed by atoms with Crippen LogP contribution in [0.25, 0.3) is 0 Å². The second-order valence-electron chi connectivity index (χ2n) is 2.55. The second-order valence-corrected chi connectivity index (χ2v) is 2.91. The highest BCUT2D eigenvalue weighted by Crippen LogP contribution is 2.34. The van der Waals surface area contributed by atoms with E-state index in [4.69, 9.17) is 16.7 Å². The zero-order valence-corrected chi connectivity index (χ0v) is 7.91. The van der Waals surface area contributed by atoms with Crippen LogP contribution in [-0.4, -0.2) is 15.0 Å². The predicted molar refractivity (Wildman–Crippen MR) is 46.8 cm³/mol. The van der Waals surface area contributed by atoms with Gasteiger partial charge in [0.15, 0.2) is 0 Å². The average molecular weight is 239 g/mol. The van der Waals surface area contributed by atoms with Crippen molar-refractivity contribution in [3.8, 4) is 0 Å². The molecular formula is C7H5ClF2N2O3. The van der Waals surface area contributed by atoms with Crippen LogP contribution < -0.4 is 0 Å². The summed E-state index contributed by atoms with van der Waals surface area (Å²) in [5, 5.41) is 18.5. The fourth-order valence-corrected chi connectivity index (χ4v) is 1.28. The van der Waals surface area contributed by atoms with E-state index in [0.717, 1.165) is 6.07 Å². The van der Waals surface area contributed by atoms with Gasteiger partial charge in [0.2, 0.25) is 0 Å². The van der Waals surface area contributed by atoms with Crippen LogP contribution in [0.2, 0.25) is 5.15 Å². The van der Waals surface area contributed by atoms with Crippen molar-refractivity contribution in [3.63, 3.8) is 0 Å². The van der Waals surface area contributed by atoms with Gasteiger partial charge in [-0.25, -0.2) is 13.8 Å². The lowest BCUT2D eigenvalue weighted by Crippen LogP contribution is -2.02. The summed E-state index contributed by atoms with van der Waals surface area (Å²) in [4.78, 5) is 12.8. The van der Waals surface area contributed by atoms with Gasteiger partial charge >= 0.3 is 0 Å². The molecule has 0 fully saturated rings. The normalized spacial score (nSPS) is 10.7. The Kier molecular flexibility index (Phi) is 3.48. The van der Waals surface area contributed by atoms with Crippen LogP contribution in [-0.2, 0) is 6.61 Å². The maximum absolute atomic E-state index is 12.4. The minimum absolute atomic E-state index is 0.129. The molecule has 8 heteroatoms. The van der Waals surface area contributed by atoms with Gasteiger partial charge in [0.1, 0.15) is 10.7 Å². The van der Waals surface area contributed by atoms with Crippen LogP contribution in [0.4, 0.5) is 14.5 Å². The molecule has 1 heterocycles. The van der Waals surface area contributed by atoms with Gasteiger partial charge in [-0.15, -0.1) is 0 Å². The lowest BCUT2D eigenvalue weighted by atomic mass is 10.2. The van der Waals surface area contributed by atoms with E-state index in [-0.39, 0.29) is 5.69 Å². The summed E-state index contributed by atoms with van der Waals surface area (Å²) >= 11 is 5.35. The highest BCUT2D eigenvalue weighted by atomic mass is 35.5.